The van der Waals surface area contributed by atoms with E-state index in [9.17, 15) is 9.59 Å². The van der Waals surface area contributed by atoms with Crippen molar-refractivity contribution in [3.05, 3.63) is 84.4 Å². The van der Waals surface area contributed by atoms with E-state index >= 15 is 0 Å². The van der Waals surface area contributed by atoms with E-state index in [2.05, 4.69) is 17.8 Å². The molecular weight excluding hydrogens is 392 g/mol. The SMILES string of the molecule is CCCCOc1ccc(C(=O)NNC(=O)COc2ccc(-c3ccccc3)cc2)cc1. The maximum atomic E-state index is 12.2. The third-order valence-corrected chi connectivity index (χ3v) is 4.53. The molecule has 0 spiro atoms. The van der Waals surface area contributed by atoms with Gasteiger partial charge in [0.1, 0.15) is 11.5 Å². The fourth-order valence-corrected chi connectivity index (χ4v) is 2.79. The Bertz CT molecular complexity index is 971. The highest BCUT2D eigenvalue weighted by molar-refractivity contribution is 5.95. The summed E-state index contributed by atoms with van der Waals surface area (Å²) in [5, 5.41) is 0. The lowest BCUT2D eigenvalue weighted by Gasteiger charge is -2.10. The molecule has 160 valence electrons. The van der Waals surface area contributed by atoms with Crippen LogP contribution in [0.3, 0.4) is 0 Å². The van der Waals surface area contributed by atoms with Crippen LogP contribution in [0.2, 0.25) is 0 Å². The molecule has 0 saturated carbocycles. The number of hydrogen-bond donors (Lipinski definition) is 2. The zero-order valence-corrected chi connectivity index (χ0v) is 17.5. The molecule has 3 rings (SSSR count). The van der Waals surface area contributed by atoms with Gasteiger partial charge in [0.05, 0.1) is 6.61 Å². The number of hydrogen-bond acceptors (Lipinski definition) is 4. The first-order valence-corrected chi connectivity index (χ1v) is 10.3. The number of benzene rings is 3. The van der Waals surface area contributed by atoms with Crippen molar-refractivity contribution >= 4 is 11.8 Å². The average molecular weight is 418 g/mol. The van der Waals surface area contributed by atoms with Crippen LogP contribution in [0.1, 0.15) is 30.1 Å². The number of ether oxygens (including phenoxy) is 2. The minimum Gasteiger partial charge on any atom is -0.494 e. The Labute approximate surface area is 182 Å². The minimum absolute atomic E-state index is 0.213. The summed E-state index contributed by atoms with van der Waals surface area (Å²) >= 11 is 0. The van der Waals surface area contributed by atoms with Crippen LogP contribution < -0.4 is 20.3 Å². The molecule has 0 radical (unpaired) electrons. The number of hydrazine groups is 1. The first kappa shape index (κ1) is 21.9. The van der Waals surface area contributed by atoms with Gasteiger partial charge in [-0.3, -0.25) is 20.4 Å². The largest absolute Gasteiger partial charge is 0.494 e. The number of rotatable bonds is 9. The Morgan fingerprint density at radius 1 is 0.742 bits per heavy atom. The van der Waals surface area contributed by atoms with Gasteiger partial charge in [0.2, 0.25) is 0 Å². The van der Waals surface area contributed by atoms with Crippen LogP contribution in [0.4, 0.5) is 0 Å². The highest BCUT2D eigenvalue weighted by Crippen LogP contribution is 2.22. The van der Waals surface area contributed by atoms with E-state index in [4.69, 9.17) is 9.47 Å². The van der Waals surface area contributed by atoms with E-state index < -0.39 is 11.8 Å². The van der Waals surface area contributed by atoms with Crippen molar-refractivity contribution in [2.45, 2.75) is 19.8 Å². The van der Waals surface area contributed by atoms with Gasteiger partial charge in [-0.1, -0.05) is 55.8 Å². The van der Waals surface area contributed by atoms with Crippen LogP contribution in [-0.2, 0) is 4.79 Å². The third-order valence-electron chi connectivity index (χ3n) is 4.53. The van der Waals surface area contributed by atoms with Crippen LogP contribution in [0.15, 0.2) is 78.9 Å². The summed E-state index contributed by atoms with van der Waals surface area (Å²) in [6.07, 6.45) is 2.04. The molecular formula is C25H26N2O4. The standard InChI is InChI=1S/C25H26N2O4/c1-2-3-17-30-22-15-11-21(12-16-22)25(29)27-26-24(28)18-31-23-13-9-20(10-14-23)19-7-5-4-6-8-19/h4-16H,2-3,17-18H2,1H3,(H,26,28)(H,27,29). The third kappa shape index (κ3) is 6.89. The van der Waals surface area contributed by atoms with Gasteiger partial charge in [-0.05, 0) is 53.9 Å². The minimum atomic E-state index is -0.458. The van der Waals surface area contributed by atoms with Crippen molar-refractivity contribution in [2.75, 3.05) is 13.2 Å². The molecule has 0 fully saturated rings. The van der Waals surface area contributed by atoms with Crippen LogP contribution in [0, 0.1) is 0 Å². The molecule has 3 aromatic carbocycles. The highest BCUT2D eigenvalue weighted by Gasteiger charge is 2.08. The number of carbonyl (C=O) groups excluding carboxylic acids is 2. The van der Waals surface area contributed by atoms with Gasteiger partial charge in [-0.2, -0.15) is 0 Å². The Morgan fingerprint density at radius 3 is 2.03 bits per heavy atom. The maximum Gasteiger partial charge on any atom is 0.276 e. The van der Waals surface area contributed by atoms with Gasteiger partial charge in [0.25, 0.3) is 11.8 Å². The molecule has 0 aliphatic heterocycles. The second-order valence-corrected chi connectivity index (χ2v) is 6.91. The van der Waals surface area contributed by atoms with E-state index in [1.165, 1.54) is 0 Å². The summed E-state index contributed by atoms with van der Waals surface area (Å²) in [5.74, 6) is 0.404. The van der Waals surface area contributed by atoms with Crippen molar-refractivity contribution < 1.29 is 19.1 Å². The van der Waals surface area contributed by atoms with Crippen LogP contribution in [0.5, 0.6) is 11.5 Å². The van der Waals surface area contributed by atoms with Gasteiger partial charge in [-0.25, -0.2) is 0 Å². The molecule has 0 heterocycles. The van der Waals surface area contributed by atoms with Crippen molar-refractivity contribution in [3.8, 4) is 22.6 Å². The molecule has 0 bridgehead atoms. The Kier molecular flexibility index (Phi) is 8.05. The van der Waals surface area contributed by atoms with Crippen LogP contribution in [-0.4, -0.2) is 25.0 Å². The number of nitrogens with one attached hydrogen (secondary N) is 2. The molecule has 0 aromatic heterocycles. The molecule has 2 amide bonds. The fraction of sp³-hybridized carbons (Fsp3) is 0.200. The molecule has 3 aromatic rings. The van der Waals surface area contributed by atoms with E-state index in [0.29, 0.717) is 23.7 Å². The molecule has 31 heavy (non-hydrogen) atoms. The molecule has 0 aliphatic rings. The van der Waals surface area contributed by atoms with E-state index in [1.807, 2.05) is 42.5 Å². The van der Waals surface area contributed by atoms with Gasteiger partial charge >= 0.3 is 0 Å². The second-order valence-electron chi connectivity index (χ2n) is 6.91. The van der Waals surface area contributed by atoms with Crippen molar-refractivity contribution in [2.24, 2.45) is 0 Å². The molecule has 6 nitrogen and oxygen atoms in total. The molecule has 6 heteroatoms. The highest BCUT2D eigenvalue weighted by atomic mass is 16.5. The molecule has 0 aliphatic carbocycles. The Balaban J connectivity index is 1.41. The van der Waals surface area contributed by atoms with Gasteiger partial charge < -0.3 is 9.47 Å². The second kappa shape index (κ2) is 11.4. The van der Waals surface area contributed by atoms with Crippen molar-refractivity contribution in [3.63, 3.8) is 0 Å². The van der Waals surface area contributed by atoms with Crippen molar-refractivity contribution in [1.82, 2.24) is 10.9 Å². The fourth-order valence-electron chi connectivity index (χ4n) is 2.79. The lowest BCUT2D eigenvalue weighted by atomic mass is 10.1. The van der Waals surface area contributed by atoms with E-state index in [-0.39, 0.29) is 6.61 Å². The van der Waals surface area contributed by atoms with Gasteiger partial charge in [-0.15, -0.1) is 0 Å². The number of amides is 2. The molecule has 0 unspecified atom stereocenters. The lowest BCUT2D eigenvalue weighted by molar-refractivity contribution is -0.123. The molecule has 0 atom stereocenters. The van der Waals surface area contributed by atoms with Crippen molar-refractivity contribution in [1.29, 1.82) is 0 Å². The van der Waals surface area contributed by atoms with Crippen LogP contribution in [0.25, 0.3) is 11.1 Å². The summed E-state index contributed by atoms with van der Waals surface area (Å²) in [4.78, 5) is 24.1. The van der Waals surface area contributed by atoms with Crippen LogP contribution >= 0.6 is 0 Å². The Morgan fingerprint density at radius 2 is 1.35 bits per heavy atom. The molecule has 2 N–H and O–H groups in total. The summed E-state index contributed by atoms with van der Waals surface area (Å²) in [6.45, 7) is 2.53. The van der Waals surface area contributed by atoms with E-state index in [0.717, 1.165) is 24.0 Å². The van der Waals surface area contributed by atoms with E-state index in [1.54, 1.807) is 36.4 Å². The predicted molar refractivity (Wildman–Crippen MR) is 120 cm³/mol. The van der Waals surface area contributed by atoms with Gasteiger partial charge in [0.15, 0.2) is 6.61 Å². The summed E-state index contributed by atoms with van der Waals surface area (Å²) in [7, 11) is 0. The summed E-state index contributed by atoms with van der Waals surface area (Å²) in [6, 6.07) is 24.2. The predicted octanol–water partition coefficient (Wildman–Crippen LogP) is 4.37. The quantitative estimate of drug-likeness (QED) is 0.400. The first-order valence-electron chi connectivity index (χ1n) is 10.3. The monoisotopic (exact) mass is 418 g/mol. The number of unbranched alkanes of at least 4 members (excludes halogenated alkanes) is 1. The molecule has 0 saturated heterocycles. The van der Waals surface area contributed by atoms with Gasteiger partial charge in [0, 0.05) is 5.56 Å². The Hall–Kier alpha value is -3.80. The smallest absolute Gasteiger partial charge is 0.276 e. The maximum absolute atomic E-state index is 12.2. The summed E-state index contributed by atoms with van der Waals surface area (Å²) < 4.78 is 11.0. The average Bonchev–Trinajstić information content (AvgIpc) is 2.82. The lowest BCUT2D eigenvalue weighted by Crippen LogP contribution is -2.43. The zero-order chi connectivity index (χ0) is 21.9. The summed E-state index contributed by atoms with van der Waals surface area (Å²) in [5.41, 5.74) is 7.31. The normalized spacial score (nSPS) is 10.2. The number of carbonyl (C=O) groups is 2. The topological polar surface area (TPSA) is 76.7 Å². The first-order chi connectivity index (χ1) is 15.2. The zero-order valence-electron chi connectivity index (χ0n) is 17.5.